The zero-order valence-electron chi connectivity index (χ0n) is 10.9. The van der Waals surface area contributed by atoms with E-state index >= 15 is 0 Å². The van der Waals surface area contributed by atoms with E-state index in [-0.39, 0.29) is 4.90 Å². The predicted octanol–water partition coefficient (Wildman–Crippen LogP) is 2.30. The number of carbonyl (C=O) groups is 1. The van der Waals surface area contributed by atoms with Gasteiger partial charge in [0.15, 0.2) is 0 Å². The first-order valence-corrected chi connectivity index (χ1v) is 8.15. The lowest BCUT2D eigenvalue weighted by molar-refractivity contribution is -0.119. The fourth-order valence-electron chi connectivity index (χ4n) is 1.78. The van der Waals surface area contributed by atoms with Crippen molar-refractivity contribution in [3.05, 3.63) is 40.4 Å². The number of amides is 1. The average Bonchev–Trinajstić information content (AvgIpc) is 2.42. The van der Waals surface area contributed by atoms with Gasteiger partial charge in [-0.3, -0.25) is 4.79 Å². The molecule has 0 unspecified atom stereocenters. The van der Waals surface area contributed by atoms with Crippen molar-refractivity contribution in [2.24, 2.45) is 5.73 Å². The van der Waals surface area contributed by atoms with Crippen LogP contribution in [0.15, 0.2) is 35.2 Å². The van der Waals surface area contributed by atoms with Crippen molar-refractivity contribution in [2.75, 3.05) is 0 Å². The second kappa shape index (κ2) is 5.81. The quantitative estimate of drug-likeness (QED) is 0.889. The minimum atomic E-state index is -3.88. The van der Waals surface area contributed by atoms with E-state index in [1.54, 1.807) is 18.2 Å². The Hall–Kier alpha value is -1.34. The largest absolute Gasteiger partial charge is 0.368 e. The first-order valence-electron chi connectivity index (χ1n) is 5.92. The number of fused-ring (bicyclic) bond motifs is 1. The summed E-state index contributed by atoms with van der Waals surface area (Å²) in [6.45, 7) is 1.37. The van der Waals surface area contributed by atoms with Crippen LogP contribution in [0.3, 0.4) is 0 Å². The number of benzene rings is 2. The van der Waals surface area contributed by atoms with E-state index in [1.165, 1.54) is 19.1 Å². The molecule has 0 radical (unpaired) electrons. The van der Waals surface area contributed by atoms with Gasteiger partial charge in [0.2, 0.25) is 15.9 Å². The molecule has 3 N–H and O–H groups in total. The van der Waals surface area contributed by atoms with Crippen molar-refractivity contribution < 1.29 is 13.2 Å². The molecule has 0 saturated carbocycles. The molecule has 8 heteroatoms. The van der Waals surface area contributed by atoms with Gasteiger partial charge in [-0.05, 0) is 31.2 Å². The van der Waals surface area contributed by atoms with E-state index in [9.17, 15) is 13.2 Å². The predicted molar refractivity (Wildman–Crippen MR) is 82.9 cm³/mol. The Morgan fingerprint density at radius 1 is 1.14 bits per heavy atom. The maximum absolute atomic E-state index is 12.2. The number of halogens is 2. The van der Waals surface area contributed by atoms with Gasteiger partial charge in [0.1, 0.15) is 0 Å². The fourth-order valence-corrected chi connectivity index (χ4v) is 3.47. The highest BCUT2D eigenvalue weighted by atomic mass is 35.5. The van der Waals surface area contributed by atoms with Crippen molar-refractivity contribution in [3.63, 3.8) is 0 Å². The minimum absolute atomic E-state index is 0.0210. The molecular formula is C13H12Cl2N2O3S. The fraction of sp³-hybridized carbons (Fsp3) is 0.154. The summed E-state index contributed by atoms with van der Waals surface area (Å²) in [6, 6.07) is 6.56. The average molecular weight is 347 g/mol. The molecule has 0 aliphatic rings. The molecule has 1 atom stereocenters. The number of primary amides is 1. The molecule has 1 amide bonds. The van der Waals surface area contributed by atoms with Gasteiger partial charge < -0.3 is 5.73 Å². The Kier molecular flexibility index (Phi) is 4.43. The van der Waals surface area contributed by atoms with E-state index < -0.39 is 22.0 Å². The van der Waals surface area contributed by atoms with Gasteiger partial charge in [-0.25, -0.2) is 8.42 Å². The van der Waals surface area contributed by atoms with Crippen LogP contribution in [0.4, 0.5) is 0 Å². The van der Waals surface area contributed by atoms with Gasteiger partial charge in [0.05, 0.1) is 10.9 Å². The number of sulfonamides is 1. The third kappa shape index (κ3) is 3.29. The molecule has 112 valence electrons. The van der Waals surface area contributed by atoms with E-state index in [2.05, 4.69) is 4.72 Å². The van der Waals surface area contributed by atoms with E-state index in [4.69, 9.17) is 28.9 Å². The van der Waals surface area contributed by atoms with Gasteiger partial charge >= 0.3 is 0 Å². The molecule has 0 saturated heterocycles. The molecule has 0 bridgehead atoms. The Morgan fingerprint density at radius 3 is 2.29 bits per heavy atom. The minimum Gasteiger partial charge on any atom is -0.368 e. The molecule has 2 aromatic rings. The number of nitrogens with one attached hydrogen (secondary N) is 1. The number of rotatable bonds is 4. The molecule has 0 heterocycles. The maximum Gasteiger partial charge on any atom is 0.241 e. The Bertz CT molecular complexity index is 822. The first-order chi connectivity index (χ1) is 9.72. The van der Waals surface area contributed by atoms with Crippen LogP contribution in [0.2, 0.25) is 10.0 Å². The normalized spacial score (nSPS) is 13.3. The van der Waals surface area contributed by atoms with Gasteiger partial charge in [-0.1, -0.05) is 29.3 Å². The second-order valence-electron chi connectivity index (χ2n) is 4.48. The molecule has 0 fully saturated rings. The van der Waals surface area contributed by atoms with Gasteiger partial charge in [0.25, 0.3) is 0 Å². The summed E-state index contributed by atoms with van der Waals surface area (Å²) in [5.74, 6) is -0.763. The lowest BCUT2D eigenvalue weighted by Gasteiger charge is -2.12. The molecule has 5 nitrogen and oxygen atoms in total. The summed E-state index contributed by atoms with van der Waals surface area (Å²) < 4.78 is 26.6. The number of hydrogen-bond acceptors (Lipinski definition) is 3. The monoisotopic (exact) mass is 346 g/mol. The topological polar surface area (TPSA) is 89.3 Å². The number of hydrogen-bond donors (Lipinski definition) is 2. The molecule has 21 heavy (non-hydrogen) atoms. The highest BCUT2D eigenvalue weighted by Gasteiger charge is 2.21. The Balaban J connectivity index is 2.53. The lowest BCUT2D eigenvalue weighted by Crippen LogP contribution is -2.42. The Morgan fingerprint density at radius 2 is 1.71 bits per heavy atom. The van der Waals surface area contributed by atoms with Crippen LogP contribution >= 0.6 is 23.2 Å². The zero-order chi connectivity index (χ0) is 15.8. The lowest BCUT2D eigenvalue weighted by atomic mass is 10.1. The van der Waals surface area contributed by atoms with Crippen LogP contribution in [0.1, 0.15) is 6.92 Å². The highest BCUT2D eigenvalue weighted by molar-refractivity contribution is 7.89. The van der Waals surface area contributed by atoms with E-state index in [0.29, 0.717) is 20.8 Å². The molecule has 0 aliphatic heterocycles. The maximum atomic E-state index is 12.2. The summed E-state index contributed by atoms with van der Waals surface area (Å²) >= 11 is 12.1. The van der Waals surface area contributed by atoms with Crippen molar-refractivity contribution >= 4 is 49.9 Å². The van der Waals surface area contributed by atoms with Crippen molar-refractivity contribution in [1.82, 2.24) is 4.72 Å². The summed E-state index contributed by atoms with van der Waals surface area (Å²) in [6.07, 6.45) is 0. The van der Waals surface area contributed by atoms with Crippen LogP contribution in [-0.4, -0.2) is 20.4 Å². The van der Waals surface area contributed by atoms with Gasteiger partial charge in [-0.15, -0.1) is 0 Å². The SMILES string of the molecule is C[C@H](NS(=O)(=O)c1ccc2c(Cl)ccc(Cl)c2c1)C(N)=O. The molecule has 2 rings (SSSR count). The third-order valence-corrected chi connectivity index (χ3v) is 5.15. The summed E-state index contributed by atoms with van der Waals surface area (Å²) in [4.78, 5) is 11.0. The summed E-state index contributed by atoms with van der Waals surface area (Å²) in [5, 5.41) is 2.01. The number of nitrogens with two attached hydrogens (primary N) is 1. The van der Waals surface area contributed by atoms with Crippen LogP contribution in [0.25, 0.3) is 10.8 Å². The van der Waals surface area contributed by atoms with E-state index in [1.807, 2.05) is 0 Å². The van der Waals surface area contributed by atoms with E-state index in [0.717, 1.165) is 0 Å². The zero-order valence-corrected chi connectivity index (χ0v) is 13.3. The molecule has 0 aromatic heterocycles. The standard InChI is InChI=1S/C13H12Cl2N2O3S/c1-7(13(16)18)17-21(19,20)8-2-3-9-10(6-8)12(15)5-4-11(9)14/h2-7,17H,1H3,(H2,16,18)/t7-/m0/s1. The van der Waals surface area contributed by atoms with Gasteiger partial charge in [-0.2, -0.15) is 4.72 Å². The third-order valence-electron chi connectivity index (χ3n) is 2.95. The first kappa shape index (κ1) is 16.0. The van der Waals surface area contributed by atoms with Crippen LogP contribution in [0.5, 0.6) is 0 Å². The molecular weight excluding hydrogens is 335 g/mol. The second-order valence-corrected chi connectivity index (χ2v) is 7.01. The molecule has 0 spiro atoms. The molecule has 0 aliphatic carbocycles. The smallest absolute Gasteiger partial charge is 0.241 e. The highest BCUT2D eigenvalue weighted by Crippen LogP contribution is 2.31. The summed E-state index contributed by atoms with van der Waals surface area (Å²) in [7, 11) is -3.88. The number of carbonyl (C=O) groups excluding carboxylic acids is 1. The van der Waals surface area contributed by atoms with Gasteiger partial charge in [0, 0.05) is 20.8 Å². The van der Waals surface area contributed by atoms with Crippen LogP contribution in [0, 0.1) is 0 Å². The van der Waals surface area contributed by atoms with Crippen LogP contribution in [-0.2, 0) is 14.8 Å². The Labute approximate surface area is 132 Å². The van der Waals surface area contributed by atoms with Crippen molar-refractivity contribution in [2.45, 2.75) is 17.9 Å². The van der Waals surface area contributed by atoms with Crippen molar-refractivity contribution in [3.8, 4) is 0 Å². The summed E-state index contributed by atoms with van der Waals surface area (Å²) in [5.41, 5.74) is 5.05. The van der Waals surface area contributed by atoms with Crippen molar-refractivity contribution in [1.29, 1.82) is 0 Å². The van der Waals surface area contributed by atoms with Crippen LogP contribution < -0.4 is 10.5 Å². The molecule has 2 aromatic carbocycles.